The number of hydrogen-bond acceptors (Lipinski definition) is 2. The van der Waals surface area contributed by atoms with Crippen LogP contribution in [0.2, 0.25) is 0 Å². The average molecular weight is 226 g/mol. The number of nitrogens with zero attached hydrogens (tertiary/aromatic N) is 1. The molecule has 1 atom stereocenters. The third-order valence-corrected chi connectivity index (χ3v) is 2.20. The summed E-state index contributed by atoms with van der Waals surface area (Å²) in [5.41, 5.74) is 9.08. The molecule has 3 N–H and O–H groups in total. The number of fused-ring (bicyclic) bond motifs is 1. The fourth-order valence-electron chi connectivity index (χ4n) is 1.58. The van der Waals surface area contributed by atoms with Crippen LogP contribution in [0.15, 0.2) is 18.2 Å². The van der Waals surface area contributed by atoms with Gasteiger partial charge in [-0.2, -0.15) is 0 Å². The van der Waals surface area contributed by atoms with Crippen molar-refractivity contribution >= 4 is 23.4 Å². The van der Waals surface area contributed by atoms with Crippen LogP contribution in [0.5, 0.6) is 0 Å². The van der Waals surface area contributed by atoms with Crippen LogP contribution in [0.4, 0.5) is 0 Å². The molecule has 82 valence electrons. The van der Waals surface area contributed by atoms with E-state index in [0.717, 1.165) is 23.3 Å². The van der Waals surface area contributed by atoms with Crippen LogP contribution in [-0.2, 0) is 6.42 Å². The van der Waals surface area contributed by atoms with Crippen molar-refractivity contribution < 1.29 is 0 Å². The van der Waals surface area contributed by atoms with Gasteiger partial charge in [0.05, 0.1) is 11.0 Å². The Morgan fingerprint density at radius 2 is 2.20 bits per heavy atom. The molecular weight excluding hydrogens is 210 g/mol. The number of benzene rings is 1. The second kappa shape index (κ2) is 4.64. The van der Waals surface area contributed by atoms with Gasteiger partial charge in [0.2, 0.25) is 0 Å². The highest BCUT2D eigenvalue weighted by atomic mass is 35.5. The minimum Gasteiger partial charge on any atom is -0.342 e. The molecule has 0 bridgehead atoms. The van der Waals surface area contributed by atoms with Crippen LogP contribution in [0.25, 0.3) is 11.0 Å². The van der Waals surface area contributed by atoms with Gasteiger partial charge >= 0.3 is 0 Å². The van der Waals surface area contributed by atoms with Gasteiger partial charge < -0.3 is 10.7 Å². The summed E-state index contributed by atoms with van der Waals surface area (Å²) in [7, 11) is 0. The molecule has 2 aromatic rings. The maximum atomic E-state index is 5.72. The Balaban J connectivity index is 0.00000112. The second-order valence-electron chi connectivity index (χ2n) is 3.89. The Morgan fingerprint density at radius 3 is 2.87 bits per heavy atom. The van der Waals surface area contributed by atoms with E-state index in [-0.39, 0.29) is 18.4 Å². The number of nitrogens with one attached hydrogen (secondary N) is 1. The first kappa shape index (κ1) is 12.0. The van der Waals surface area contributed by atoms with Crippen LogP contribution in [0.3, 0.4) is 0 Å². The first-order valence-corrected chi connectivity index (χ1v) is 4.86. The van der Waals surface area contributed by atoms with Crippen LogP contribution in [0, 0.1) is 6.92 Å². The van der Waals surface area contributed by atoms with Crippen LogP contribution in [0.1, 0.15) is 18.3 Å². The third-order valence-electron chi connectivity index (χ3n) is 2.20. The molecule has 0 radical (unpaired) electrons. The fourth-order valence-corrected chi connectivity index (χ4v) is 1.58. The maximum Gasteiger partial charge on any atom is 0.108 e. The molecule has 15 heavy (non-hydrogen) atoms. The van der Waals surface area contributed by atoms with Gasteiger partial charge in [-0.3, -0.25) is 0 Å². The lowest BCUT2D eigenvalue weighted by atomic mass is 10.2. The van der Waals surface area contributed by atoms with Crippen molar-refractivity contribution in [3.8, 4) is 0 Å². The van der Waals surface area contributed by atoms with E-state index in [0.29, 0.717) is 0 Å². The molecule has 4 heteroatoms. The molecular formula is C11H16ClN3. The highest BCUT2D eigenvalue weighted by Crippen LogP contribution is 2.13. The van der Waals surface area contributed by atoms with Crippen molar-refractivity contribution in [3.05, 3.63) is 29.6 Å². The minimum atomic E-state index is 0. The summed E-state index contributed by atoms with van der Waals surface area (Å²) < 4.78 is 0. The number of halogens is 1. The highest BCUT2D eigenvalue weighted by Gasteiger charge is 2.04. The predicted molar refractivity (Wildman–Crippen MR) is 65.4 cm³/mol. The van der Waals surface area contributed by atoms with Crippen molar-refractivity contribution in [2.45, 2.75) is 26.3 Å². The molecule has 0 aliphatic heterocycles. The van der Waals surface area contributed by atoms with E-state index in [2.05, 4.69) is 29.0 Å². The molecule has 0 aliphatic rings. The topological polar surface area (TPSA) is 54.7 Å². The van der Waals surface area contributed by atoms with Gasteiger partial charge in [-0.15, -0.1) is 12.4 Å². The molecule has 0 aliphatic carbocycles. The zero-order chi connectivity index (χ0) is 10.1. The summed E-state index contributed by atoms with van der Waals surface area (Å²) in [4.78, 5) is 7.74. The van der Waals surface area contributed by atoms with E-state index in [9.17, 15) is 0 Å². The minimum absolute atomic E-state index is 0. The molecule has 1 aromatic heterocycles. The van der Waals surface area contributed by atoms with Crippen LogP contribution in [-0.4, -0.2) is 16.0 Å². The molecule has 0 fully saturated rings. The summed E-state index contributed by atoms with van der Waals surface area (Å²) in [5.74, 6) is 0.973. The maximum absolute atomic E-state index is 5.72. The summed E-state index contributed by atoms with van der Waals surface area (Å²) in [6.45, 7) is 4.06. The van der Waals surface area contributed by atoms with E-state index in [1.807, 2.05) is 13.0 Å². The van der Waals surface area contributed by atoms with E-state index >= 15 is 0 Å². The first-order chi connectivity index (χ1) is 6.65. The van der Waals surface area contributed by atoms with Gasteiger partial charge in [0.15, 0.2) is 0 Å². The fraction of sp³-hybridized carbons (Fsp3) is 0.364. The first-order valence-electron chi connectivity index (χ1n) is 4.86. The molecule has 2 rings (SSSR count). The SMILES string of the molecule is Cc1ccc2nc(CC(C)N)[nH]c2c1.Cl. The highest BCUT2D eigenvalue weighted by molar-refractivity contribution is 5.85. The number of rotatable bonds is 2. The zero-order valence-corrected chi connectivity index (χ0v) is 9.77. The Morgan fingerprint density at radius 1 is 1.47 bits per heavy atom. The van der Waals surface area contributed by atoms with Crippen molar-refractivity contribution in [3.63, 3.8) is 0 Å². The standard InChI is InChI=1S/C11H15N3.ClH/c1-7-3-4-9-10(5-7)14-11(13-9)6-8(2)12;/h3-5,8H,6,12H2,1-2H3,(H,13,14);1H. The Kier molecular flexibility index (Phi) is 3.72. The summed E-state index contributed by atoms with van der Waals surface area (Å²) in [6, 6.07) is 6.36. The molecule has 1 unspecified atom stereocenters. The summed E-state index contributed by atoms with van der Waals surface area (Å²) in [6.07, 6.45) is 0.799. The third kappa shape index (κ3) is 2.70. The molecule has 1 heterocycles. The number of nitrogens with two attached hydrogens (primary N) is 1. The van der Waals surface area contributed by atoms with Gasteiger partial charge in [0.25, 0.3) is 0 Å². The van der Waals surface area contributed by atoms with Crippen molar-refractivity contribution in [1.82, 2.24) is 9.97 Å². The van der Waals surface area contributed by atoms with Crippen molar-refractivity contribution in [2.75, 3.05) is 0 Å². The Bertz CT molecular complexity index is 448. The van der Waals surface area contributed by atoms with Gasteiger partial charge in [0.1, 0.15) is 5.82 Å². The van der Waals surface area contributed by atoms with Gasteiger partial charge in [-0.05, 0) is 31.5 Å². The van der Waals surface area contributed by atoms with Gasteiger partial charge in [-0.1, -0.05) is 6.07 Å². The average Bonchev–Trinajstić information content (AvgIpc) is 2.44. The number of aromatic nitrogens is 2. The quantitative estimate of drug-likeness (QED) is 0.823. The van der Waals surface area contributed by atoms with E-state index in [4.69, 9.17) is 5.73 Å². The second-order valence-corrected chi connectivity index (χ2v) is 3.89. The summed E-state index contributed by atoms with van der Waals surface area (Å²) in [5, 5.41) is 0. The number of hydrogen-bond donors (Lipinski definition) is 2. The largest absolute Gasteiger partial charge is 0.342 e. The lowest BCUT2D eigenvalue weighted by Gasteiger charge is -1.98. The smallest absolute Gasteiger partial charge is 0.108 e. The Labute approximate surface area is 95.5 Å². The monoisotopic (exact) mass is 225 g/mol. The lowest BCUT2D eigenvalue weighted by molar-refractivity contribution is 0.712. The number of aromatic amines is 1. The van der Waals surface area contributed by atoms with E-state index in [1.54, 1.807) is 0 Å². The van der Waals surface area contributed by atoms with Crippen molar-refractivity contribution in [1.29, 1.82) is 0 Å². The molecule has 1 aromatic carbocycles. The molecule has 0 saturated heterocycles. The molecule has 0 amide bonds. The lowest BCUT2D eigenvalue weighted by Crippen LogP contribution is -2.18. The van der Waals surface area contributed by atoms with Crippen LogP contribution >= 0.6 is 12.4 Å². The van der Waals surface area contributed by atoms with E-state index < -0.39 is 0 Å². The molecule has 0 saturated carbocycles. The van der Waals surface area contributed by atoms with E-state index in [1.165, 1.54) is 5.56 Å². The molecule has 0 spiro atoms. The van der Waals surface area contributed by atoms with Gasteiger partial charge in [-0.25, -0.2) is 4.98 Å². The Hall–Kier alpha value is -1.06. The molecule has 3 nitrogen and oxygen atoms in total. The van der Waals surface area contributed by atoms with Crippen molar-refractivity contribution in [2.24, 2.45) is 5.73 Å². The van der Waals surface area contributed by atoms with Gasteiger partial charge in [0, 0.05) is 12.5 Å². The predicted octanol–water partition coefficient (Wildman–Crippen LogP) is 2.18. The number of aryl methyl sites for hydroxylation is 1. The van der Waals surface area contributed by atoms with Crippen LogP contribution < -0.4 is 5.73 Å². The normalized spacial score (nSPS) is 12.5. The number of imidazole rings is 1. The number of H-pyrrole nitrogens is 1. The zero-order valence-electron chi connectivity index (χ0n) is 8.95. The summed E-state index contributed by atoms with van der Waals surface area (Å²) >= 11 is 0.